The molecule has 1 aromatic rings. The number of likely N-dealkylation sites (tertiary alicyclic amines) is 1. The van der Waals surface area contributed by atoms with Crippen molar-refractivity contribution in [2.45, 2.75) is 12.8 Å². The monoisotopic (exact) mass is 249 g/mol. The fraction of sp³-hybridized carbons (Fsp3) is 0.571. The van der Waals surface area contributed by atoms with Gasteiger partial charge < -0.3 is 20.7 Å². The first-order valence-corrected chi connectivity index (χ1v) is 6.55. The number of nitrogens with one attached hydrogen (secondary N) is 1. The van der Waals surface area contributed by atoms with Crippen LogP contribution in [0, 0.1) is 5.92 Å². The van der Waals surface area contributed by atoms with Gasteiger partial charge in [0, 0.05) is 19.2 Å². The maximum atomic E-state index is 5.99. The third kappa shape index (κ3) is 3.29. The van der Waals surface area contributed by atoms with Crippen LogP contribution in [0.3, 0.4) is 0 Å². The van der Waals surface area contributed by atoms with Gasteiger partial charge in [-0.15, -0.1) is 0 Å². The lowest BCUT2D eigenvalue weighted by molar-refractivity contribution is 0.217. The van der Waals surface area contributed by atoms with Crippen LogP contribution >= 0.6 is 0 Å². The zero-order chi connectivity index (χ0) is 13.0. The number of rotatable bonds is 4. The third-order valence-electron chi connectivity index (χ3n) is 3.56. The Hall–Kier alpha value is -1.42. The Balaban J connectivity index is 1.89. The first-order chi connectivity index (χ1) is 8.69. The second-order valence-electron chi connectivity index (χ2n) is 5.10. The molecule has 0 bridgehead atoms. The average molecular weight is 249 g/mol. The summed E-state index contributed by atoms with van der Waals surface area (Å²) < 4.78 is 5.14. The van der Waals surface area contributed by atoms with Crippen LogP contribution in [0.25, 0.3) is 0 Å². The highest BCUT2D eigenvalue weighted by atomic mass is 16.5. The van der Waals surface area contributed by atoms with Gasteiger partial charge in [-0.2, -0.15) is 0 Å². The van der Waals surface area contributed by atoms with Gasteiger partial charge in [0.1, 0.15) is 5.75 Å². The van der Waals surface area contributed by atoms with Gasteiger partial charge in [-0.25, -0.2) is 0 Å². The second-order valence-corrected chi connectivity index (χ2v) is 5.10. The van der Waals surface area contributed by atoms with Gasteiger partial charge in [0.2, 0.25) is 0 Å². The summed E-state index contributed by atoms with van der Waals surface area (Å²) in [4.78, 5) is 2.40. The number of nitrogens with two attached hydrogens (primary N) is 1. The average Bonchev–Trinajstić information content (AvgIpc) is 2.37. The zero-order valence-corrected chi connectivity index (χ0v) is 11.3. The molecule has 0 spiro atoms. The number of anilines is 2. The molecule has 1 unspecified atom stereocenters. The number of piperidine rings is 1. The standard InChI is InChI=1S/C14H23N3O/c1-17-7-3-4-11(10-17)9-16-14-6-5-12(18-2)8-13(14)15/h5-6,8,11,16H,3-4,7,9-10,15H2,1-2H3. The molecule has 4 heteroatoms. The molecule has 1 fully saturated rings. The van der Waals surface area contributed by atoms with Gasteiger partial charge in [-0.05, 0) is 44.5 Å². The predicted molar refractivity (Wildman–Crippen MR) is 76.1 cm³/mol. The van der Waals surface area contributed by atoms with Crippen molar-refractivity contribution in [1.29, 1.82) is 0 Å². The van der Waals surface area contributed by atoms with E-state index in [1.54, 1.807) is 7.11 Å². The minimum atomic E-state index is 0.713. The molecule has 1 heterocycles. The zero-order valence-electron chi connectivity index (χ0n) is 11.3. The van der Waals surface area contributed by atoms with Crippen molar-refractivity contribution in [2.24, 2.45) is 5.92 Å². The molecular weight excluding hydrogens is 226 g/mol. The minimum Gasteiger partial charge on any atom is -0.497 e. The number of nitrogen functional groups attached to an aromatic ring is 1. The lowest BCUT2D eigenvalue weighted by Crippen LogP contribution is -2.35. The van der Waals surface area contributed by atoms with E-state index in [1.807, 2.05) is 18.2 Å². The largest absolute Gasteiger partial charge is 0.497 e. The Bertz CT molecular complexity index is 395. The van der Waals surface area contributed by atoms with Crippen LogP contribution in [-0.4, -0.2) is 38.7 Å². The van der Waals surface area contributed by atoms with Crippen molar-refractivity contribution in [3.05, 3.63) is 18.2 Å². The maximum Gasteiger partial charge on any atom is 0.121 e. The van der Waals surface area contributed by atoms with Crippen molar-refractivity contribution in [2.75, 3.05) is 44.8 Å². The van der Waals surface area contributed by atoms with Gasteiger partial charge in [0.15, 0.2) is 0 Å². The lowest BCUT2D eigenvalue weighted by atomic mass is 9.98. The number of ether oxygens (including phenoxy) is 1. The molecule has 0 aliphatic carbocycles. The summed E-state index contributed by atoms with van der Waals surface area (Å²) in [6.45, 7) is 3.38. The molecule has 100 valence electrons. The minimum absolute atomic E-state index is 0.713. The molecule has 1 saturated heterocycles. The number of hydrogen-bond acceptors (Lipinski definition) is 4. The van der Waals surface area contributed by atoms with Crippen LogP contribution in [0.5, 0.6) is 5.75 Å². The SMILES string of the molecule is COc1ccc(NCC2CCCN(C)C2)c(N)c1. The highest BCUT2D eigenvalue weighted by Gasteiger charge is 2.16. The lowest BCUT2D eigenvalue weighted by Gasteiger charge is -2.30. The van der Waals surface area contributed by atoms with E-state index in [9.17, 15) is 0 Å². The summed E-state index contributed by atoms with van der Waals surface area (Å²) in [5, 5.41) is 3.45. The maximum absolute atomic E-state index is 5.99. The first-order valence-electron chi connectivity index (χ1n) is 6.55. The molecule has 1 aliphatic rings. The summed E-state index contributed by atoms with van der Waals surface area (Å²) >= 11 is 0. The Kier molecular flexibility index (Phi) is 4.31. The van der Waals surface area contributed by atoms with Gasteiger partial charge in [-0.3, -0.25) is 0 Å². The molecular formula is C14H23N3O. The fourth-order valence-electron chi connectivity index (χ4n) is 2.52. The summed E-state index contributed by atoms with van der Waals surface area (Å²) in [6, 6.07) is 5.78. The van der Waals surface area contributed by atoms with Gasteiger partial charge in [0.25, 0.3) is 0 Å². The van der Waals surface area contributed by atoms with Crippen molar-refractivity contribution in [1.82, 2.24) is 4.90 Å². The number of methoxy groups -OCH3 is 1. The highest BCUT2D eigenvalue weighted by Crippen LogP contribution is 2.25. The topological polar surface area (TPSA) is 50.5 Å². The van der Waals surface area contributed by atoms with Crippen LogP contribution in [0.1, 0.15) is 12.8 Å². The molecule has 18 heavy (non-hydrogen) atoms. The van der Waals surface area contributed by atoms with Gasteiger partial charge in [-0.1, -0.05) is 0 Å². The van der Waals surface area contributed by atoms with E-state index in [-0.39, 0.29) is 0 Å². The molecule has 1 atom stereocenters. The molecule has 3 N–H and O–H groups in total. The summed E-state index contributed by atoms with van der Waals surface area (Å²) in [6.07, 6.45) is 2.59. The summed E-state index contributed by atoms with van der Waals surface area (Å²) in [7, 11) is 3.84. The van der Waals surface area contributed by atoms with Crippen LogP contribution in [0.15, 0.2) is 18.2 Å². The molecule has 0 saturated carbocycles. The smallest absolute Gasteiger partial charge is 0.121 e. The van der Waals surface area contributed by atoms with E-state index in [0.29, 0.717) is 5.92 Å². The quantitative estimate of drug-likeness (QED) is 0.802. The number of benzene rings is 1. The summed E-state index contributed by atoms with van der Waals surface area (Å²) in [5.74, 6) is 1.51. The van der Waals surface area contributed by atoms with Gasteiger partial charge in [0.05, 0.1) is 18.5 Å². The van der Waals surface area contributed by atoms with Crippen LogP contribution in [-0.2, 0) is 0 Å². The molecule has 0 radical (unpaired) electrons. The molecule has 2 rings (SSSR count). The van der Waals surface area contributed by atoms with Crippen LogP contribution < -0.4 is 15.8 Å². The van der Waals surface area contributed by atoms with Crippen LogP contribution in [0.4, 0.5) is 11.4 Å². The molecule has 4 nitrogen and oxygen atoms in total. The van der Waals surface area contributed by atoms with E-state index in [4.69, 9.17) is 10.5 Å². The fourth-order valence-corrected chi connectivity index (χ4v) is 2.52. The van der Waals surface area contributed by atoms with E-state index in [1.165, 1.54) is 25.9 Å². The molecule has 1 aromatic carbocycles. The second kappa shape index (κ2) is 5.96. The number of nitrogens with zero attached hydrogens (tertiary/aromatic N) is 1. The van der Waals surface area contributed by atoms with E-state index < -0.39 is 0 Å². The molecule has 0 aromatic heterocycles. The highest BCUT2D eigenvalue weighted by molar-refractivity contribution is 5.68. The normalized spacial score (nSPS) is 20.7. The van der Waals surface area contributed by atoms with Crippen molar-refractivity contribution >= 4 is 11.4 Å². The predicted octanol–water partition coefficient (Wildman–Crippen LogP) is 2.03. The van der Waals surface area contributed by atoms with Gasteiger partial charge >= 0.3 is 0 Å². The van der Waals surface area contributed by atoms with Crippen LogP contribution in [0.2, 0.25) is 0 Å². The molecule has 0 amide bonds. The third-order valence-corrected chi connectivity index (χ3v) is 3.56. The first kappa shape index (κ1) is 13.0. The van der Waals surface area contributed by atoms with Crippen molar-refractivity contribution in [3.8, 4) is 5.75 Å². The molecule has 1 aliphatic heterocycles. The van der Waals surface area contributed by atoms with E-state index >= 15 is 0 Å². The Morgan fingerprint density at radius 1 is 1.50 bits per heavy atom. The summed E-state index contributed by atoms with van der Waals surface area (Å²) in [5.41, 5.74) is 7.74. The Morgan fingerprint density at radius 2 is 2.33 bits per heavy atom. The number of hydrogen-bond donors (Lipinski definition) is 2. The van der Waals surface area contributed by atoms with Crippen molar-refractivity contribution in [3.63, 3.8) is 0 Å². The van der Waals surface area contributed by atoms with Crippen molar-refractivity contribution < 1.29 is 4.74 Å². The van der Waals surface area contributed by atoms with E-state index in [2.05, 4.69) is 17.3 Å². The van der Waals surface area contributed by atoms with E-state index in [0.717, 1.165) is 23.7 Å². The Labute approximate surface area is 109 Å². The Morgan fingerprint density at radius 3 is 3.00 bits per heavy atom.